The summed E-state index contributed by atoms with van der Waals surface area (Å²) in [4.78, 5) is 14.9. The van der Waals surface area contributed by atoms with Crippen LogP contribution in [0.15, 0.2) is 47.6 Å². The Morgan fingerprint density at radius 1 is 1.23 bits per heavy atom. The molecule has 0 saturated heterocycles. The molecule has 1 aromatic heterocycles. The van der Waals surface area contributed by atoms with Crippen molar-refractivity contribution in [2.24, 2.45) is 5.10 Å². The molecular formula is C24H25ClN4O. The Hall–Kier alpha value is -2.63. The van der Waals surface area contributed by atoms with Crippen molar-refractivity contribution < 1.29 is 4.79 Å². The van der Waals surface area contributed by atoms with Gasteiger partial charge in [-0.15, -0.1) is 0 Å². The molecule has 1 N–H and O–H groups in total. The van der Waals surface area contributed by atoms with E-state index in [2.05, 4.69) is 45.1 Å². The average molecular weight is 421 g/mol. The van der Waals surface area contributed by atoms with Gasteiger partial charge in [0.15, 0.2) is 0 Å². The summed E-state index contributed by atoms with van der Waals surface area (Å²) in [5.74, 6) is -0.0762. The minimum Gasteiger partial charge on any atom is -0.342 e. The number of hydrogen-bond donors (Lipinski definition) is 1. The number of nitrogens with one attached hydrogen (secondary N) is 1. The number of rotatable bonds is 4. The van der Waals surface area contributed by atoms with Gasteiger partial charge in [-0.25, -0.2) is 5.43 Å². The van der Waals surface area contributed by atoms with Crippen LogP contribution in [0.3, 0.4) is 0 Å². The van der Waals surface area contributed by atoms with Gasteiger partial charge in [0.2, 0.25) is 0 Å². The van der Waals surface area contributed by atoms with Gasteiger partial charge in [0.25, 0.3) is 5.91 Å². The summed E-state index contributed by atoms with van der Waals surface area (Å²) in [7, 11) is 0. The molecule has 0 radical (unpaired) electrons. The first kappa shape index (κ1) is 19.3. The first-order valence-corrected chi connectivity index (χ1v) is 10.9. The van der Waals surface area contributed by atoms with E-state index in [0.29, 0.717) is 17.6 Å². The molecule has 154 valence electrons. The molecule has 1 amide bonds. The number of hydrogen-bond acceptors (Lipinski definition) is 3. The molecule has 6 heteroatoms. The van der Waals surface area contributed by atoms with Crippen LogP contribution < -0.4 is 5.43 Å². The van der Waals surface area contributed by atoms with E-state index in [1.807, 2.05) is 12.1 Å². The number of amides is 1. The van der Waals surface area contributed by atoms with Gasteiger partial charge in [0.05, 0.1) is 18.8 Å². The molecule has 1 unspecified atom stereocenters. The van der Waals surface area contributed by atoms with Gasteiger partial charge in [-0.2, -0.15) is 5.10 Å². The number of hydrazone groups is 1. The molecule has 5 rings (SSSR count). The van der Waals surface area contributed by atoms with Crippen molar-refractivity contribution in [3.63, 3.8) is 0 Å². The highest BCUT2D eigenvalue weighted by Gasteiger charge is 2.35. The molecule has 0 spiro atoms. The standard InChI is InChI=1S/C24H25ClN4O/c1-16-5-10-21-20(13-16)19-3-2-4-22-24(19)29(21)12-11-28(22)15-23(30)27-26-14-17-6-8-18(25)9-7-17/h5-10,13-14,22H,2-4,11-12,15H2,1H3,(H,27,30)/b26-14-. The van der Waals surface area contributed by atoms with Crippen molar-refractivity contribution >= 4 is 34.6 Å². The highest BCUT2D eigenvalue weighted by Crippen LogP contribution is 2.42. The van der Waals surface area contributed by atoms with Crippen LogP contribution >= 0.6 is 11.6 Å². The fourth-order valence-corrected chi connectivity index (χ4v) is 5.05. The summed E-state index contributed by atoms with van der Waals surface area (Å²) < 4.78 is 2.49. The zero-order chi connectivity index (χ0) is 20.7. The van der Waals surface area contributed by atoms with Gasteiger partial charge < -0.3 is 4.57 Å². The second-order valence-corrected chi connectivity index (χ2v) is 8.70. The van der Waals surface area contributed by atoms with Crippen LogP contribution in [0.2, 0.25) is 5.02 Å². The van der Waals surface area contributed by atoms with Crippen molar-refractivity contribution in [3.05, 3.63) is 69.9 Å². The van der Waals surface area contributed by atoms with Crippen molar-refractivity contribution in [3.8, 4) is 0 Å². The van der Waals surface area contributed by atoms with Crippen LogP contribution in [0.25, 0.3) is 10.9 Å². The molecular weight excluding hydrogens is 396 g/mol. The summed E-state index contributed by atoms with van der Waals surface area (Å²) in [6, 6.07) is 14.4. The number of carbonyl (C=O) groups is 1. The third-order valence-corrected chi connectivity index (χ3v) is 6.51. The summed E-state index contributed by atoms with van der Waals surface area (Å²) >= 11 is 5.90. The molecule has 2 aliphatic rings. The van der Waals surface area contributed by atoms with Crippen LogP contribution in [-0.4, -0.2) is 34.7 Å². The number of aromatic nitrogens is 1. The topological polar surface area (TPSA) is 49.6 Å². The molecule has 0 bridgehead atoms. The molecule has 2 aromatic carbocycles. The Kier molecular flexibility index (Phi) is 5.09. The highest BCUT2D eigenvalue weighted by atomic mass is 35.5. The van der Waals surface area contributed by atoms with Crippen molar-refractivity contribution in [2.45, 2.75) is 38.8 Å². The Morgan fingerprint density at radius 3 is 2.90 bits per heavy atom. The fourth-order valence-electron chi connectivity index (χ4n) is 4.93. The van der Waals surface area contributed by atoms with E-state index < -0.39 is 0 Å². The van der Waals surface area contributed by atoms with E-state index in [4.69, 9.17) is 11.6 Å². The maximum absolute atomic E-state index is 12.6. The molecule has 1 aliphatic heterocycles. The fraction of sp³-hybridized carbons (Fsp3) is 0.333. The quantitative estimate of drug-likeness (QED) is 0.501. The summed E-state index contributed by atoms with van der Waals surface area (Å²) in [6.45, 7) is 4.32. The third kappa shape index (κ3) is 3.53. The van der Waals surface area contributed by atoms with Gasteiger partial charge in [0, 0.05) is 34.7 Å². The predicted octanol–water partition coefficient (Wildman–Crippen LogP) is 4.45. The lowest BCUT2D eigenvalue weighted by Crippen LogP contribution is -2.44. The van der Waals surface area contributed by atoms with E-state index in [0.717, 1.165) is 37.9 Å². The van der Waals surface area contributed by atoms with Crippen LogP contribution in [0, 0.1) is 6.92 Å². The molecule has 30 heavy (non-hydrogen) atoms. The van der Waals surface area contributed by atoms with Crippen LogP contribution in [0.5, 0.6) is 0 Å². The molecule has 0 saturated carbocycles. The van der Waals surface area contributed by atoms with Crippen LogP contribution in [0.4, 0.5) is 0 Å². The smallest absolute Gasteiger partial charge is 0.254 e. The minimum absolute atomic E-state index is 0.0762. The molecule has 3 aromatic rings. The molecule has 1 aliphatic carbocycles. The third-order valence-electron chi connectivity index (χ3n) is 6.26. The lowest BCUT2D eigenvalue weighted by atomic mass is 9.89. The molecule has 5 nitrogen and oxygen atoms in total. The zero-order valence-electron chi connectivity index (χ0n) is 17.1. The molecule has 0 fully saturated rings. The minimum atomic E-state index is -0.0762. The lowest BCUT2D eigenvalue weighted by Gasteiger charge is -2.39. The Morgan fingerprint density at radius 2 is 2.07 bits per heavy atom. The maximum atomic E-state index is 12.6. The first-order chi connectivity index (χ1) is 14.6. The predicted molar refractivity (Wildman–Crippen MR) is 121 cm³/mol. The van der Waals surface area contributed by atoms with Crippen molar-refractivity contribution in [1.82, 2.24) is 14.9 Å². The van der Waals surface area contributed by atoms with E-state index in [1.54, 1.807) is 18.3 Å². The highest BCUT2D eigenvalue weighted by molar-refractivity contribution is 6.30. The van der Waals surface area contributed by atoms with Gasteiger partial charge in [0.1, 0.15) is 0 Å². The Balaban J connectivity index is 1.32. The Bertz CT molecular complexity index is 1130. The lowest BCUT2D eigenvalue weighted by molar-refractivity contribution is -0.123. The number of benzene rings is 2. The van der Waals surface area contributed by atoms with Gasteiger partial charge >= 0.3 is 0 Å². The number of halogens is 1. The van der Waals surface area contributed by atoms with E-state index >= 15 is 0 Å². The SMILES string of the molecule is Cc1ccc2c(c1)c1c3n2CCN(CC(=O)N/N=C\c2ccc(Cl)cc2)C3CCC1. The summed E-state index contributed by atoms with van der Waals surface area (Å²) in [5, 5.41) is 6.19. The first-order valence-electron chi connectivity index (χ1n) is 10.5. The number of nitrogens with zero attached hydrogens (tertiary/aromatic N) is 3. The maximum Gasteiger partial charge on any atom is 0.254 e. The van der Waals surface area contributed by atoms with E-state index in [1.165, 1.54) is 27.7 Å². The van der Waals surface area contributed by atoms with Crippen LogP contribution in [0.1, 0.15) is 41.3 Å². The number of aryl methyl sites for hydroxylation is 2. The van der Waals surface area contributed by atoms with Gasteiger partial charge in [-0.05, 0) is 61.6 Å². The monoisotopic (exact) mass is 420 g/mol. The number of carbonyl (C=O) groups excluding carboxylic acids is 1. The number of fused-ring (bicyclic) bond motifs is 3. The largest absolute Gasteiger partial charge is 0.342 e. The van der Waals surface area contributed by atoms with E-state index in [-0.39, 0.29) is 5.91 Å². The molecule has 2 heterocycles. The van der Waals surface area contributed by atoms with Crippen molar-refractivity contribution in [2.75, 3.05) is 13.1 Å². The average Bonchev–Trinajstić information content (AvgIpc) is 3.06. The van der Waals surface area contributed by atoms with Gasteiger partial charge in [-0.3, -0.25) is 9.69 Å². The van der Waals surface area contributed by atoms with E-state index in [9.17, 15) is 4.79 Å². The zero-order valence-corrected chi connectivity index (χ0v) is 17.8. The van der Waals surface area contributed by atoms with Gasteiger partial charge in [-0.1, -0.05) is 35.4 Å². The van der Waals surface area contributed by atoms with Crippen LogP contribution in [-0.2, 0) is 17.8 Å². The summed E-state index contributed by atoms with van der Waals surface area (Å²) in [5.41, 5.74) is 9.13. The second-order valence-electron chi connectivity index (χ2n) is 8.26. The second kappa shape index (κ2) is 7.89. The molecule has 1 atom stereocenters. The normalized spacial score (nSPS) is 18.7. The van der Waals surface area contributed by atoms with Crippen molar-refractivity contribution in [1.29, 1.82) is 0 Å². The summed E-state index contributed by atoms with van der Waals surface area (Å²) in [6.07, 6.45) is 5.04. The Labute approximate surface area is 181 Å².